The van der Waals surface area contributed by atoms with E-state index in [0.29, 0.717) is 35.9 Å². The molecule has 180 valence electrons. The van der Waals surface area contributed by atoms with Crippen LogP contribution in [0.1, 0.15) is 64.5 Å². The van der Waals surface area contributed by atoms with Crippen LogP contribution in [0.25, 0.3) is 0 Å². The first-order valence-electron chi connectivity index (χ1n) is 12.5. The minimum absolute atomic E-state index is 0.196. The standard InChI is InChI=1S/C24H40N4O3S/c1-4-26(5-2)20-11-15-27(16-12-20)24-23(10-9-19(3)25-24)32(29,30)28-17-13-22(14-18-28)31-21-7-6-8-21/h9-10,20-22H,4-8,11-18H2,1-3H3. The second-order valence-electron chi connectivity index (χ2n) is 9.51. The molecule has 0 radical (unpaired) electrons. The maximum absolute atomic E-state index is 13.6. The Morgan fingerprint density at radius 1 is 0.969 bits per heavy atom. The highest BCUT2D eigenvalue weighted by Gasteiger charge is 2.35. The fourth-order valence-corrected chi connectivity index (χ4v) is 6.88. The molecule has 0 aromatic carbocycles. The molecule has 1 aromatic heterocycles. The molecule has 0 atom stereocenters. The quantitative estimate of drug-likeness (QED) is 0.587. The van der Waals surface area contributed by atoms with Crippen molar-refractivity contribution in [1.29, 1.82) is 0 Å². The lowest BCUT2D eigenvalue weighted by Crippen LogP contribution is -2.46. The van der Waals surface area contributed by atoms with Gasteiger partial charge in [0.25, 0.3) is 0 Å². The molecular weight excluding hydrogens is 424 g/mol. The van der Waals surface area contributed by atoms with Crippen LogP contribution in [0.4, 0.5) is 5.82 Å². The molecule has 0 bridgehead atoms. The topological polar surface area (TPSA) is 66.0 Å². The third-order valence-electron chi connectivity index (χ3n) is 7.53. The predicted octanol–water partition coefficient (Wildman–Crippen LogP) is 3.42. The molecular formula is C24H40N4O3S. The molecule has 0 N–H and O–H groups in total. The van der Waals surface area contributed by atoms with E-state index in [-0.39, 0.29) is 6.10 Å². The second-order valence-corrected chi connectivity index (χ2v) is 11.4. The Hall–Kier alpha value is -1.22. The zero-order valence-electron chi connectivity index (χ0n) is 20.0. The van der Waals surface area contributed by atoms with Gasteiger partial charge in [0, 0.05) is 37.9 Å². The summed E-state index contributed by atoms with van der Waals surface area (Å²) in [6.45, 7) is 11.2. The van der Waals surface area contributed by atoms with Gasteiger partial charge in [-0.2, -0.15) is 4.31 Å². The number of ether oxygens (including phenoxy) is 1. The highest BCUT2D eigenvalue weighted by molar-refractivity contribution is 7.89. The number of hydrogen-bond donors (Lipinski definition) is 0. The van der Waals surface area contributed by atoms with Gasteiger partial charge in [0.05, 0.1) is 12.2 Å². The fourth-order valence-electron chi connectivity index (χ4n) is 5.27. The van der Waals surface area contributed by atoms with Gasteiger partial charge in [-0.1, -0.05) is 13.8 Å². The highest BCUT2D eigenvalue weighted by atomic mass is 32.2. The average molecular weight is 465 g/mol. The summed E-state index contributed by atoms with van der Waals surface area (Å²) in [6, 6.07) is 4.16. The van der Waals surface area contributed by atoms with Crippen molar-refractivity contribution in [2.24, 2.45) is 0 Å². The van der Waals surface area contributed by atoms with Crippen LogP contribution >= 0.6 is 0 Å². The molecule has 2 aliphatic heterocycles. The Kier molecular flexibility index (Phi) is 7.75. The van der Waals surface area contributed by atoms with Crippen molar-refractivity contribution in [2.45, 2.75) is 88.9 Å². The zero-order valence-corrected chi connectivity index (χ0v) is 20.8. The van der Waals surface area contributed by atoms with Crippen LogP contribution < -0.4 is 4.90 Å². The summed E-state index contributed by atoms with van der Waals surface area (Å²) in [6.07, 6.45) is 7.80. The van der Waals surface area contributed by atoms with Gasteiger partial charge in [-0.3, -0.25) is 0 Å². The molecule has 3 fully saturated rings. The van der Waals surface area contributed by atoms with Crippen molar-refractivity contribution in [2.75, 3.05) is 44.2 Å². The van der Waals surface area contributed by atoms with Crippen molar-refractivity contribution < 1.29 is 13.2 Å². The van der Waals surface area contributed by atoms with Crippen LogP contribution in [0.3, 0.4) is 0 Å². The van der Waals surface area contributed by atoms with Gasteiger partial charge in [-0.25, -0.2) is 13.4 Å². The van der Waals surface area contributed by atoms with Crippen LogP contribution in [0, 0.1) is 6.92 Å². The largest absolute Gasteiger partial charge is 0.375 e. The van der Waals surface area contributed by atoms with E-state index in [1.165, 1.54) is 6.42 Å². The average Bonchev–Trinajstić information content (AvgIpc) is 2.78. The third kappa shape index (κ3) is 5.13. The molecule has 0 amide bonds. The maximum atomic E-state index is 13.6. The summed E-state index contributed by atoms with van der Waals surface area (Å²) >= 11 is 0. The molecule has 7 nitrogen and oxygen atoms in total. The molecule has 0 spiro atoms. The van der Waals surface area contributed by atoms with Crippen molar-refractivity contribution in [3.05, 3.63) is 17.8 Å². The lowest BCUT2D eigenvalue weighted by molar-refractivity contribution is -0.0674. The summed E-state index contributed by atoms with van der Waals surface area (Å²) in [5.41, 5.74) is 0.859. The van der Waals surface area contributed by atoms with Gasteiger partial charge in [-0.15, -0.1) is 0 Å². The van der Waals surface area contributed by atoms with Crippen LogP contribution in [0.5, 0.6) is 0 Å². The smallest absolute Gasteiger partial charge is 0.246 e. The SMILES string of the molecule is CCN(CC)C1CCN(c2nc(C)ccc2S(=O)(=O)N2CCC(OC3CCC3)CC2)CC1. The maximum Gasteiger partial charge on any atom is 0.246 e. The van der Waals surface area contributed by atoms with Crippen LogP contribution in [-0.4, -0.2) is 80.1 Å². The Balaban J connectivity index is 1.45. The summed E-state index contributed by atoms with van der Waals surface area (Å²) in [7, 11) is -3.58. The van der Waals surface area contributed by atoms with E-state index in [1.807, 2.05) is 13.0 Å². The van der Waals surface area contributed by atoms with E-state index in [0.717, 1.165) is 70.4 Å². The Morgan fingerprint density at radius 2 is 1.59 bits per heavy atom. The molecule has 2 saturated heterocycles. The molecule has 1 aromatic rings. The molecule has 3 heterocycles. The van der Waals surface area contributed by atoms with Gasteiger partial charge in [-0.05, 0) is 77.1 Å². The van der Waals surface area contributed by atoms with Gasteiger partial charge >= 0.3 is 0 Å². The van der Waals surface area contributed by atoms with Crippen LogP contribution in [0.15, 0.2) is 17.0 Å². The molecule has 8 heteroatoms. The number of nitrogens with zero attached hydrogens (tertiary/aromatic N) is 4. The third-order valence-corrected chi connectivity index (χ3v) is 9.45. The number of piperidine rings is 2. The Morgan fingerprint density at radius 3 is 2.16 bits per heavy atom. The van der Waals surface area contributed by atoms with Gasteiger partial charge in [0.15, 0.2) is 0 Å². The van der Waals surface area contributed by atoms with E-state index in [4.69, 9.17) is 9.72 Å². The first kappa shape index (κ1) is 23.9. The molecule has 1 saturated carbocycles. The van der Waals surface area contributed by atoms with Crippen molar-refractivity contribution in [3.8, 4) is 0 Å². The molecule has 32 heavy (non-hydrogen) atoms. The number of anilines is 1. The van der Waals surface area contributed by atoms with Gasteiger partial charge in [0.2, 0.25) is 10.0 Å². The molecule has 4 rings (SSSR count). The summed E-state index contributed by atoms with van der Waals surface area (Å²) in [5, 5.41) is 0. The summed E-state index contributed by atoms with van der Waals surface area (Å²) in [4.78, 5) is 9.78. The summed E-state index contributed by atoms with van der Waals surface area (Å²) in [5.74, 6) is 0.635. The second kappa shape index (κ2) is 10.4. The van der Waals surface area contributed by atoms with E-state index in [1.54, 1.807) is 10.4 Å². The number of hydrogen-bond acceptors (Lipinski definition) is 6. The Labute approximate surface area is 194 Å². The van der Waals surface area contributed by atoms with Crippen molar-refractivity contribution in [1.82, 2.24) is 14.2 Å². The molecule has 1 aliphatic carbocycles. The van der Waals surface area contributed by atoms with Gasteiger partial charge < -0.3 is 14.5 Å². The van der Waals surface area contributed by atoms with Crippen LogP contribution in [0.2, 0.25) is 0 Å². The lowest BCUT2D eigenvalue weighted by atomic mass is 9.95. The van der Waals surface area contributed by atoms with E-state index in [2.05, 4.69) is 23.6 Å². The Bertz CT molecular complexity index is 854. The number of aryl methyl sites for hydroxylation is 1. The minimum atomic E-state index is -3.58. The van der Waals surface area contributed by atoms with Crippen LogP contribution in [-0.2, 0) is 14.8 Å². The lowest BCUT2D eigenvalue weighted by Gasteiger charge is -2.39. The van der Waals surface area contributed by atoms with E-state index < -0.39 is 10.0 Å². The monoisotopic (exact) mass is 464 g/mol. The predicted molar refractivity (Wildman–Crippen MR) is 128 cm³/mol. The minimum Gasteiger partial charge on any atom is -0.375 e. The molecule has 0 unspecified atom stereocenters. The van der Waals surface area contributed by atoms with Crippen molar-refractivity contribution >= 4 is 15.8 Å². The highest BCUT2D eigenvalue weighted by Crippen LogP contribution is 2.32. The van der Waals surface area contributed by atoms with E-state index >= 15 is 0 Å². The first-order valence-corrected chi connectivity index (χ1v) is 14.0. The van der Waals surface area contributed by atoms with Gasteiger partial charge in [0.1, 0.15) is 10.7 Å². The zero-order chi connectivity index (χ0) is 22.7. The van der Waals surface area contributed by atoms with Crippen molar-refractivity contribution in [3.63, 3.8) is 0 Å². The number of rotatable bonds is 8. The molecule has 3 aliphatic rings. The van der Waals surface area contributed by atoms with E-state index in [9.17, 15) is 8.42 Å². The normalized spacial score (nSPS) is 22.4. The number of pyridine rings is 1. The number of aromatic nitrogens is 1. The fraction of sp³-hybridized carbons (Fsp3) is 0.792. The number of sulfonamides is 1. The summed E-state index contributed by atoms with van der Waals surface area (Å²) < 4.78 is 35.0. The first-order chi connectivity index (χ1) is 15.4.